The zero-order valence-corrected chi connectivity index (χ0v) is 16.1. The maximum absolute atomic E-state index is 13.2. The summed E-state index contributed by atoms with van der Waals surface area (Å²) in [4.78, 5) is 11.8. The van der Waals surface area contributed by atoms with Gasteiger partial charge >= 0.3 is 0 Å². The van der Waals surface area contributed by atoms with Gasteiger partial charge in [-0.05, 0) is 41.7 Å². The molecule has 2 aromatic rings. The first-order chi connectivity index (χ1) is 12.3. The van der Waals surface area contributed by atoms with Gasteiger partial charge in [0.05, 0.1) is 10.9 Å². The normalized spacial score (nSPS) is 15.7. The Labute approximate surface area is 155 Å². The quantitative estimate of drug-likeness (QED) is 0.872. The molecule has 0 spiro atoms. The highest BCUT2D eigenvalue weighted by molar-refractivity contribution is 7.89. The summed E-state index contributed by atoms with van der Waals surface area (Å²) in [5.41, 5.74) is 2.53. The molecule has 1 N–H and O–H groups in total. The number of anilines is 1. The molecule has 0 bridgehead atoms. The maximum atomic E-state index is 13.2. The molecule has 1 unspecified atom stereocenters. The van der Waals surface area contributed by atoms with Gasteiger partial charge in [0.1, 0.15) is 0 Å². The number of sulfonamides is 1. The summed E-state index contributed by atoms with van der Waals surface area (Å²) in [6.07, 6.45) is 0.936. The molecule has 1 heterocycles. The zero-order chi connectivity index (χ0) is 18.9. The van der Waals surface area contributed by atoms with Gasteiger partial charge in [-0.3, -0.25) is 4.79 Å². The van der Waals surface area contributed by atoms with Crippen LogP contribution in [0.2, 0.25) is 0 Å². The van der Waals surface area contributed by atoms with Crippen LogP contribution in [0.4, 0.5) is 5.69 Å². The van der Waals surface area contributed by atoms with Crippen LogP contribution >= 0.6 is 0 Å². The summed E-state index contributed by atoms with van der Waals surface area (Å²) in [5.74, 6) is 0.0864. The predicted octanol–water partition coefficient (Wildman–Crippen LogP) is 3.59. The van der Waals surface area contributed by atoms with Gasteiger partial charge in [0.15, 0.2) is 0 Å². The molecule has 0 aliphatic carbocycles. The molecule has 1 aliphatic heterocycles. The van der Waals surface area contributed by atoms with E-state index in [4.69, 9.17) is 0 Å². The molecule has 0 fully saturated rings. The van der Waals surface area contributed by atoms with Crippen LogP contribution in [0.15, 0.2) is 53.4 Å². The number of fused-ring (bicyclic) bond motifs is 1. The number of aryl methyl sites for hydroxylation is 1. The van der Waals surface area contributed by atoms with E-state index in [1.54, 1.807) is 25.2 Å². The highest BCUT2D eigenvalue weighted by Gasteiger charge is 2.31. The molecule has 1 aliphatic rings. The average molecular weight is 372 g/mol. The van der Waals surface area contributed by atoms with Gasteiger partial charge in [0, 0.05) is 19.2 Å². The van der Waals surface area contributed by atoms with Crippen LogP contribution in [0.25, 0.3) is 0 Å². The van der Waals surface area contributed by atoms with E-state index in [1.807, 2.05) is 44.2 Å². The zero-order valence-electron chi connectivity index (χ0n) is 15.3. The van der Waals surface area contributed by atoms with Crippen molar-refractivity contribution < 1.29 is 13.2 Å². The van der Waals surface area contributed by atoms with E-state index in [0.29, 0.717) is 18.5 Å². The Hall–Kier alpha value is -2.18. The van der Waals surface area contributed by atoms with E-state index in [2.05, 4.69) is 5.32 Å². The number of hydrogen-bond donors (Lipinski definition) is 1. The highest BCUT2D eigenvalue weighted by Crippen LogP contribution is 2.33. The van der Waals surface area contributed by atoms with Crippen molar-refractivity contribution in [3.63, 3.8) is 0 Å². The molecule has 5 nitrogen and oxygen atoms in total. The SMILES string of the molecule is CC(C)C(c1ccccc1)N(C)S(=O)(=O)c1ccc2c(c1)CCC(=O)N2. The molecule has 0 radical (unpaired) electrons. The van der Waals surface area contributed by atoms with Gasteiger partial charge in [0.25, 0.3) is 0 Å². The smallest absolute Gasteiger partial charge is 0.243 e. The Morgan fingerprint density at radius 1 is 1.04 bits per heavy atom. The number of amides is 1. The maximum Gasteiger partial charge on any atom is 0.243 e. The monoisotopic (exact) mass is 372 g/mol. The largest absolute Gasteiger partial charge is 0.326 e. The predicted molar refractivity (Wildman–Crippen MR) is 102 cm³/mol. The lowest BCUT2D eigenvalue weighted by atomic mass is 9.96. The van der Waals surface area contributed by atoms with Gasteiger partial charge in [-0.15, -0.1) is 0 Å². The second-order valence-corrected chi connectivity index (χ2v) is 8.99. The second-order valence-electron chi connectivity index (χ2n) is 6.99. The summed E-state index contributed by atoms with van der Waals surface area (Å²) in [6, 6.07) is 14.4. The number of hydrogen-bond acceptors (Lipinski definition) is 3. The molecule has 2 aromatic carbocycles. The Kier molecular flexibility index (Phi) is 5.16. The fraction of sp³-hybridized carbons (Fsp3) is 0.350. The molecule has 0 saturated heterocycles. The molecular formula is C20H24N2O3S. The molecule has 3 rings (SSSR count). The van der Waals surface area contributed by atoms with Gasteiger partial charge in [0.2, 0.25) is 15.9 Å². The Morgan fingerprint density at radius 2 is 1.73 bits per heavy atom. The summed E-state index contributed by atoms with van der Waals surface area (Å²) >= 11 is 0. The van der Waals surface area contributed by atoms with E-state index in [1.165, 1.54) is 4.31 Å². The van der Waals surface area contributed by atoms with Crippen molar-refractivity contribution in [3.05, 3.63) is 59.7 Å². The Morgan fingerprint density at radius 3 is 2.38 bits per heavy atom. The molecule has 1 amide bonds. The number of carbonyl (C=O) groups excluding carboxylic acids is 1. The fourth-order valence-corrected chi connectivity index (χ4v) is 5.03. The van der Waals surface area contributed by atoms with Gasteiger partial charge < -0.3 is 5.32 Å². The molecule has 1 atom stereocenters. The minimum Gasteiger partial charge on any atom is -0.326 e. The topological polar surface area (TPSA) is 66.5 Å². The second kappa shape index (κ2) is 7.21. The van der Waals surface area contributed by atoms with Crippen LogP contribution in [0.5, 0.6) is 0 Å². The lowest BCUT2D eigenvalue weighted by Gasteiger charge is -2.31. The van der Waals surface area contributed by atoms with Gasteiger partial charge in [-0.2, -0.15) is 4.31 Å². The van der Waals surface area contributed by atoms with Gasteiger partial charge in [-0.25, -0.2) is 8.42 Å². The molecule has 26 heavy (non-hydrogen) atoms. The summed E-state index contributed by atoms with van der Waals surface area (Å²) < 4.78 is 27.9. The Balaban J connectivity index is 1.97. The third-order valence-electron chi connectivity index (χ3n) is 4.81. The van der Waals surface area contributed by atoms with E-state index in [0.717, 1.165) is 11.1 Å². The molecule has 6 heteroatoms. The minimum atomic E-state index is -3.66. The van der Waals surface area contributed by atoms with E-state index < -0.39 is 10.0 Å². The van der Waals surface area contributed by atoms with Crippen molar-refractivity contribution in [2.45, 2.75) is 37.6 Å². The first-order valence-corrected chi connectivity index (χ1v) is 10.2. The van der Waals surface area contributed by atoms with Crippen LogP contribution in [-0.4, -0.2) is 25.7 Å². The number of benzene rings is 2. The van der Waals surface area contributed by atoms with Crippen molar-refractivity contribution in [1.29, 1.82) is 0 Å². The van der Waals surface area contributed by atoms with E-state index in [-0.39, 0.29) is 22.8 Å². The molecule has 0 aromatic heterocycles. The number of nitrogens with zero attached hydrogens (tertiary/aromatic N) is 1. The molecule has 0 saturated carbocycles. The summed E-state index contributed by atoms with van der Waals surface area (Å²) in [6.45, 7) is 4.04. The molecule has 138 valence electrons. The van der Waals surface area contributed by atoms with Crippen molar-refractivity contribution in [3.8, 4) is 0 Å². The van der Waals surface area contributed by atoms with Crippen molar-refractivity contribution in [2.75, 3.05) is 12.4 Å². The first kappa shape index (κ1) is 18.6. The molecular weight excluding hydrogens is 348 g/mol. The minimum absolute atomic E-state index is 0.0332. The van der Waals surface area contributed by atoms with E-state index in [9.17, 15) is 13.2 Å². The third kappa shape index (κ3) is 3.52. The van der Waals surface area contributed by atoms with Crippen LogP contribution in [0.3, 0.4) is 0 Å². The Bertz CT molecular complexity index is 908. The van der Waals surface area contributed by atoms with Crippen LogP contribution in [0.1, 0.15) is 37.4 Å². The van der Waals surface area contributed by atoms with Gasteiger partial charge in [-0.1, -0.05) is 44.2 Å². The van der Waals surface area contributed by atoms with Crippen molar-refractivity contribution >= 4 is 21.6 Å². The number of rotatable bonds is 5. The average Bonchev–Trinajstić information content (AvgIpc) is 2.61. The lowest BCUT2D eigenvalue weighted by molar-refractivity contribution is -0.116. The standard InChI is InChI=1S/C20H24N2O3S/c1-14(2)20(15-7-5-4-6-8-15)22(3)26(24,25)17-10-11-18-16(13-17)9-12-19(23)21-18/h4-8,10-11,13-14,20H,9,12H2,1-3H3,(H,21,23). The third-order valence-corrected chi connectivity index (χ3v) is 6.65. The number of nitrogens with one attached hydrogen (secondary N) is 1. The van der Waals surface area contributed by atoms with Crippen LogP contribution < -0.4 is 5.32 Å². The van der Waals surface area contributed by atoms with E-state index >= 15 is 0 Å². The lowest BCUT2D eigenvalue weighted by Crippen LogP contribution is -2.34. The fourth-order valence-electron chi connectivity index (χ4n) is 3.50. The van der Waals surface area contributed by atoms with Crippen LogP contribution in [0, 0.1) is 5.92 Å². The first-order valence-electron chi connectivity index (χ1n) is 8.76. The summed E-state index contributed by atoms with van der Waals surface area (Å²) in [5, 5.41) is 2.79. The van der Waals surface area contributed by atoms with Crippen molar-refractivity contribution in [1.82, 2.24) is 4.31 Å². The number of carbonyl (C=O) groups is 1. The highest BCUT2D eigenvalue weighted by atomic mass is 32.2. The van der Waals surface area contributed by atoms with Crippen LogP contribution in [-0.2, 0) is 21.2 Å². The summed E-state index contributed by atoms with van der Waals surface area (Å²) in [7, 11) is -2.02. The van der Waals surface area contributed by atoms with Crippen molar-refractivity contribution in [2.24, 2.45) is 5.92 Å².